The number of hydrogen-bond donors (Lipinski definition) is 1. The molecule has 0 spiro atoms. The lowest BCUT2D eigenvalue weighted by Gasteiger charge is -2.20. The molecule has 6 heteroatoms. The Labute approximate surface area is 132 Å². The van der Waals surface area contributed by atoms with Crippen LogP contribution in [0.4, 0.5) is 0 Å². The molecule has 0 aliphatic heterocycles. The summed E-state index contributed by atoms with van der Waals surface area (Å²) in [5, 5.41) is 3.70. The molecular formula is C15H24ClNO3S. The molecule has 1 aromatic carbocycles. The second-order valence-electron chi connectivity index (χ2n) is 5.79. The topological polar surface area (TPSA) is 55.4 Å². The van der Waals surface area contributed by atoms with Gasteiger partial charge in [-0.1, -0.05) is 30.7 Å². The largest absolute Gasteiger partial charge is 0.491 e. The second kappa shape index (κ2) is 7.47. The number of nitrogens with one attached hydrogen (secondary N) is 1. The minimum atomic E-state index is -3.19. The maximum atomic E-state index is 12.1. The summed E-state index contributed by atoms with van der Waals surface area (Å²) in [5.41, 5.74) is 0.928. The third-order valence-electron chi connectivity index (χ3n) is 3.15. The van der Waals surface area contributed by atoms with Crippen molar-refractivity contribution in [1.29, 1.82) is 0 Å². The average molecular weight is 334 g/mol. The van der Waals surface area contributed by atoms with E-state index in [0.717, 1.165) is 12.1 Å². The highest BCUT2D eigenvalue weighted by Crippen LogP contribution is 2.29. The van der Waals surface area contributed by atoms with Gasteiger partial charge in [-0.15, -0.1) is 0 Å². The van der Waals surface area contributed by atoms with Crippen LogP contribution < -0.4 is 10.1 Å². The summed E-state index contributed by atoms with van der Waals surface area (Å²) in [6.45, 7) is 8.66. The minimum Gasteiger partial charge on any atom is -0.491 e. The molecule has 21 heavy (non-hydrogen) atoms. The number of sulfone groups is 1. The van der Waals surface area contributed by atoms with Crippen molar-refractivity contribution in [2.75, 3.05) is 18.9 Å². The van der Waals surface area contributed by atoms with E-state index in [1.54, 1.807) is 26.8 Å². The first kappa shape index (κ1) is 18.3. The smallest absolute Gasteiger partial charge is 0.158 e. The Morgan fingerprint density at radius 2 is 1.95 bits per heavy atom. The van der Waals surface area contributed by atoms with E-state index in [4.69, 9.17) is 16.3 Å². The van der Waals surface area contributed by atoms with Crippen LogP contribution in [-0.4, -0.2) is 32.1 Å². The molecule has 0 aliphatic rings. The molecule has 0 aromatic heterocycles. The van der Waals surface area contributed by atoms with Crippen LogP contribution >= 0.6 is 11.6 Å². The first-order chi connectivity index (χ1) is 9.69. The van der Waals surface area contributed by atoms with Gasteiger partial charge in [0.2, 0.25) is 0 Å². The average Bonchev–Trinajstić information content (AvgIpc) is 2.37. The Hall–Kier alpha value is -0.780. The molecule has 0 fully saturated rings. The summed E-state index contributed by atoms with van der Waals surface area (Å²) >= 11 is 6.15. The molecule has 0 atom stereocenters. The fourth-order valence-electron chi connectivity index (χ4n) is 1.67. The summed E-state index contributed by atoms with van der Waals surface area (Å²) in [6, 6.07) is 5.51. The Bertz CT molecular complexity index is 565. The number of ether oxygens (including phenoxy) is 1. The van der Waals surface area contributed by atoms with Crippen LogP contribution in [0.1, 0.15) is 33.3 Å². The number of hydrogen-bond acceptors (Lipinski definition) is 4. The van der Waals surface area contributed by atoms with Crippen LogP contribution in [0.25, 0.3) is 0 Å². The van der Waals surface area contributed by atoms with Gasteiger partial charge in [-0.05, 0) is 33.4 Å². The fraction of sp³-hybridized carbons (Fsp3) is 0.600. The standard InChI is InChI=1S/C15H24ClNO3S/c1-5-17-11-12-7-6-8-13(16)14(12)20-9-10-21(18,19)15(2,3)4/h6-8,17H,5,9-11H2,1-4H3. The number of benzene rings is 1. The summed E-state index contributed by atoms with van der Waals surface area (Å²) in [4.78, 5) is 0. The van der Waals surface area contributed by atoms with E-state index in [2.05, 4.69) is 5.32 Å². The van der Waals surface area contributed by atoms with E-state index in [1.165, 1.54) is 0 Å². The molecule has 1 aromatic rings. The summed E-state index contributed by atoms with van der Waals surface area (Å²) in [5.74, 6) is 0.534. The lowest BCUT2D eigenvalue weighted by molar-refractivity contribution is 0.335. The molecule has 120 valence electrons. The van der Waals surface area contributed by atoms with Crippen LogP contribution in [0.15, 0.2) is 18.2 Å². The lowest BCUT2D eigenvalue weighted by Crippen LogP contribution is -2.32. The van der Waals surface area contributed by atoms with Crippen molar-refractivity contribution < 1.29 is 13.2 Å². The normalized spacial score (nSPS) is 12.4. The lowest BCUT2D eigenvalue weighted by atomic mass is 10.2. The quantitative estimate of drug-likeness (QED) is 0.833. The van der Waals surface area contributed by atoms with Gasteiger partial charge in [0.15, 0.2) is 9.84 Å². The van der Waals surface area contributed by atoms with E-state index in [-0.39, 0.29) is 12.4 Å². The molecule has 0 saturated heterocycles. The van der Waals surface area contributed by atoms with Crippen LogP contribution in [0.2, 0.25) is 5.02 Å². The second-order valence-corrected chi connectivity index (χ2v) is 9.06. The highest BCUT2D eigenvalue weighted by molar-refractivity contribution is 7.92. The number of para-hydroxylation sites is 1. The zero-order chi connectivity index (χ0) is 16.1. The number of rotatable bonds is 7. The molecule has 0 aliphatic carbocycles. The maximum Gasteiger partial charge on any atom is 0.158 e. The highest BCUT2D eigenvalue weighted by Gasteiger charge is 2.28. The van der Waals surface area contributed by atoms with Gasteiger partial charge < -0.3 is 10.1 Å². The predicted molar refractivity (Wildman–Crippen MR) is 87.9 cm³/mol. The van der Waals surface area contributed by atoms with Gasteiger partial charge in [0.25, 0.3) is 0 Å². The van der Waals surface area contributed by atoms with Gasteiger partial charge in [0.05, 0.1) is 15.5 Å². The summed E-state index contributed by atoms with van der Waals surface area (Å²) in [7, 11) is -3.19. The third kappa shape index (κ3) is 5.16. The van der Waals surface area contributed by atoms with Gasteiger partial charge in [0.1, 0.15) is 12.4 Å². The van der Waals surface area contributed by atoms with E-state index in [1.807, 2.05) is 19.1 Å². The zero-order valence-corrected chi connectivity index (χ0v) is 14.6. The van der Waals surface area contributed by atoms with E-state index in [9.17, 15) is 8.42 Å². The third-order valence-corrected chi connectivity index (χ3v) is 6.01. The van der Waals surface area contributed by atoms with E-state index in [0.29, 0.717) is 17.3 Å². The van der Waals surface area contributed by atoms with Gasteiger partial charge in [-0.3, -0.25) is 0 Å². The summed E-state index contributed by atoms with van der Waals surface area (Å²) < 4.78 is 29.0. The van der Waals surface area contributed by atoms with Crippen LogP contribution in [0, 0.1) is 0 Å². The molecule has 0 heterocycles. The molecule has 0 amide bonds. The molecular weight excluding hydrogens is 310 g/mol. The maximum absolute atomic E-state index is 12.1. The van der Waals surface area contributed by atoms with Crippen molar-refractivity contribution in [2.24, 2.45) is 0 Å². The summed E-state index contributed by atoms with van der Waals surface area (Å²) in [6.07, 6.45) is 0. The molecule has 1 rings (SSSR count). The minimum absolute atomic E-state index is 0.0254. The van der Waals surface area contributed by atoms with Gasteiger partial charge in [-0.25, -0.2) is 8.42 Å². The van der Waals surface area contributed by atoms with Crippen molar-refractivity contribution in [3.05, 3.63) is 28.8 Å². The SMILES string of the molecule is CCNCc1cccc(Cl)c1OCCS(=O)(=O)C(C)(C)C. The first-order valence-electron chi connectivity index (χ1n) is 7.02. The van der Waals surface area contributed by atoms with Crippen LogP contribution in [0.5, 0.6) is 5.75 Å². The monoisotopic (exact) mass is 333 g/mol. The van der Waals surface area contributed by atoms with Crippen LogP contribution in [-0.2, 0) is 16.4 Å². The molecule has 0 bridgehead atoms. The van der Waals surface area contributed by atoms with Crippen molar-refractivity contribution >= 4 is 21.4 Å². The fourth-order valence-corrected chi connectivity index (χ4v) is 2.84. The van der Waals surface area contributed by atoms with Crippen molar-refractivity contribution in [3.8, 4) is 5.75 Å². The number of halogens is 1. The Kier molecular flexibility index (Phi) is 6.50. The highest BCUT2D eigenvalue weighted by atomic mass is 35.5. The molecule has 4 nitrogen and oxygen atoms in total. The molecule has 0 radical (unpaired) electrons. The molecule has 0 unspecified atom stereocenters. The predicted octanol–water partition coefficient (Wildman–Crippen LogP) is 3.04. The van der Waals surface area contributed by atoms with Gasteiger partial charge >= 0.3 is 0 Å². The van der Waals surface area contributed by atoms with Crippen molar-refractivity contribution in [1.82, 2.24) is 5.32 Å². The Morgan fingerprint density at radius 1 is 1.29 bits per heavy atom. The Morgan fingerprint density at radius 3 is 2.52 bits per heavy atom. The van der Waals surface area contributed by atoms with Crippen molar-refractivity contribution in [2.45, 2.75) is 39.0 Å². The van der Waals surface area contributed by atoms with Gasteiger partial charge in [-0.2, -0.15) is 0 Å². The zero-order valence-electron chi connectivity index (χ0n) is 13.1. The van der Waals surface area contributed by atoms with E-state index < -0.39 is 14.6 Å². The van der Waals surface area contributed by atoms with E-state index >= 15 is 0 Å². The molecule has 1 N–H and O–H groups in total. The molecule has 0 saturated carbocycles. The first-order valence-corrected chi connectivity index (χ1v) is 9.05. The van der Waals surface area contributed by atoms with Crippen LogP contribution in [0.3, 0.4) is 0 Å². The van der Waals surface area contributed by atoms with Gasteiger partial charge in [0, 0.05) is 12.1 Å². The Balaban J connectivity index is 2.76. The van der Waals surface area contributed by atoms with Crippen molar-refractivity contribution in [3.63, 3.8) is 0 Å².